The summed E-state index contributed by atoms with van der Waals surface area (Å²) in [4.78, 5) is 7.32. The van der Waals surface area contributed by atoms with Crippen LogP contribution in [0, 0.1) is 0 Å². The first-order valence-electron chi connectivity index (χ1n) is 20.5. The highest BCUT2D eigenvalue weighted by Crippen LogP contribution is 2.55. The van der Waals surface area contributed by atoms with Gasteiger partial charge in [0.2, 0.25) is 5.89 Å². The summed E-state index contributed by atoms with van der Waals surface area (Å²) in [6.07, 6.45) is 0. The molecule has 11 aromatic rings. The van der Waals surface area contributed by atoms with E-state index in [1.54, 1.807) is 0 Å². The largest absolute Gasteiger partial charge is 0.456 e. The van der Waals surface area contributed by atoms with Crippen molar-refractivity contribution in [1.29, 1.82) is 0 Å². The maximum absolute atomic E-state index is 6.37. The van der Waals surface area contributed by atoms with Crippen molar-refractivity contribution in [3.8, 4) is 44.8 Å². The van der Waals surface area contributed by atoms with Gasteiger partial charge in [0.1, 0.15) is 16.7 Å². The lowest BCUT2D eigenvalue weighted by atomic mass is 9.82. The third-order valence-electron chi connectivity index (χ3n) is 12.5. The highest BCUT2D eigenvalue weighted by Gasteiger charge is 2.38. The van der Waals surface area contributed by atoms with Gasteiger partial charge < -0.3 is 13.7 Å². The average Bonchev–Trinajstić information content (AvgIpc) is 3.95. The first-order chi connectivity index (χ1) is 29.5. The quantitative estimate of drug-likeness (QED) is 0.169. The van der Waals surface area contributed by atoms with E-state index in [1.807, 2.05) is 36.4 Å². The molecule has 4 nitrogen and oxygen atoms in total. The van der Waals surface area contributed by atoms with Crippen molar-refractivity contribution < 1.29 is 8.83 Å². The Balaban J connectivity index is 1.01. The predicted octanol–water partition coefficient (Wildman–Crippen LogP) is 15.7. The van der Waals surface area contributed by atoms with E-state index in [0.717, 1.165) is 61.2 Å². The minimum Gasteiger partial charge on any atom is -0.456 e. The fourth-order valence-electron chi connectivity index (χ4n) is 9.57. The van der Waals surface area contributed by atoms with Gasteiger partial charge in [-0.2, -0.15) is 0 Å². The maximum Gasteiger partial charge on any atom is 0.227 e. The molecule has 0 spiro atoms. The fraction of sp³-hybridized carbons (Fsp3) is 0.0536. The first-order valence-corrected chi connectivity index (χ1v) is 20.5. The lowest BCUT2D eigenvalue weighted by Crippen LogP contribution is -2.16. The molecule has 2 heterocycles. The molecule has 0 saturated carbocycles. The topological polar surface area (TPSA) is 42.4 Å². The van der Waals surface area contributed by atoms with Crippen LogP contribution in [0.3, 0.4) is 0 Å². The Bertz CT molecular complexity index is 3460. The molecule has 284 valence electrons. The number of fused-ring (bicyclic) bond motifs is 8. The smallest absolute Gasteiger partial charge is 0.227 e. The summed E-state index contributed by atoms with van der Waals surface area (Å²) < 4.78 is 12.5. The molecule has 1 aliphatic rings. The summed E-state index contributed by atoms with van der Waals surface area (Å²) in [6.45, 7) is 4.70. The molecular formula is C56H38N2O2. The minimum absolute atomic E-state index is 0.133. The van der Waals surface area contributed by atoms with Gasteiger partial charge in [-0.15, -0.1) is 0 Å². The third kappa shape index (κ3) is 5.27. The van der Waals surface area contributed by atoms with Crippen molar-refractivity contribution in [2.45, 2.75) is 19.3 Å². The van der Waals surface area contributed by atoms with E-state index in [-0.39, 0.29) is 5.41 Å². The monoisotopic (exact) mass is 770 g/mol. The minimum atomic E-state index is -0.133. The van der Waals surface area contributed by atoms with E-state index < -0.39 is 0 Å². The molecule has 0 N–H and O–H groups in total. The summed E-state index contributed by atoms with van der Waals surface area (Å²) in [5, 5.41) is 4.52. The molecular weight excluding hydrogens is 733 g/mol. The molecule has 2 aromatic heterocycles. The number of hydrogen-bond donors (Lipinski definition) is 0. The van der Waals surface area contributed by atoms with Crippen LogP contribution in [0.4, 0.5) is 17.1 Å². The molecule has 0 atom stereocenters. The van der Waals surface area contributed by atoms with Crippen LogP contribution in [0.5, 0.6) is 0 Å². The van der Waals surface area contributed by atoms with E-state index in [4.69, 9.17) is 13.8 Å². The van der Waals surface area contributed by atoms with Crippen molar-refractivity contribution >= 4 is 60.9 Å². The number of furan rings is 1. The van der Waals surface area contributed by atoms with Crippen LogP contribution in [0.15, 0.2) is 203 Å². The Morgan fingerprint density at radius 3 is 1.98 bits per heavy atom. The van der Waals surface area contributed by atoms with Crippen molar-refractivity contribution in [2.24, 2.45) is 0 Å². The van der Waals surface area contributed by atoms with Crippen LogP contribution >= 0.6 is 0 Å². The Hall–Kier alpha value is -7.69. The van der Waals surface area contributed by atoms with Crippen molar-refractivity contribution in [3.63, 3.8) is 0 Å². The molecule has 0 saturated heterocycles. The van der Waals surface area contributed by atoms with Gasteiger partial charge in [0, 0.05) is 44.6 Å². The first kappa shape index (κ1) is 34.4. The van der Waals surface area contributed by atoms with Crippen LogP contribution in [0.25, 0.3) is 88.6 Å². The Morgan fingerprint density at radius 1 is 0.433 bits per heavy atom. The van der Waals surface area contributed by atoms with Gasteiger partial charge in [0.15, 0.2) is 5.58 Å². The molecule has 12 rings (SSSR count). The second kappa shape index (κ2) is 13.2. The summed E-state index contributed by atoms with van der Waals surface area (Å²) >= 11 is 0. The van der Waals surface area contributed by atoms with Crippen LogP contribution in [0.1, 0.15) is 25.0 Å². The van der Waals surface area contributed by atoms with Gasteiger partial charge in [0.05, 0.1) is 11.4 Å². The van der Waals surface area contributed by atoms with Gasteiger partial charge in [-0.1, -0.05) is 147 Å². The van der Waals surface area contributed by atoms with Gasteiger partial charge in [-0.3, -0.25) is 0 Å². The number of benzene rings is 9. The Labute approximate surface area is 347 Å². The molecule has 60 heavy (non-hydrogen) atoms. The van der Waals surface area contributed by atoms with Crippen LogP contribution in [-0.2, 0) is 5.41 Å². The second-order valence-corrected chi connectivity index (χ2v) is 16.3. The lowest BCUT2D eigenvalue weighted by molar-refractivity contribution is 0.617. The number of nitrogens with zero attached hydrogens (tertiary/aromatic N) is 2. The molecule has 0 amide bonds. The van der Waals surface area contributed by atoms with E-state index in [1.165, 1.54) is 44.2 Å². The molecule has 0 radical (unpaired) electrons. The summed E-state index contributed by atoms with van der Waals surface area (Å²) in [5.41, 5.74) is 17.2. The highest BCUT2D eigenvalue weighted by atomic mass is 16.4. The molecule has 0 bridgehead atoms. The number of para-hydroxylation sites is 1. The standard InChI is InChI=1S/C56H38N2O2/c1-56(2)46-22-10-8-20-43(46)54-47(56)23-13-25-50(54)58(49-24-11-9-19-42(49)41-21-12-17-36-14-6-7-18-40(36)41)39-29-26-35(27-30-39)38-28-31-51-44(32-38)45-33-48-53(34-52(45)59-51)60-55(57-48)37-15-4-3-5-16-37/h3-34H,1-2H3. The lowest BCUT2D eigenvalue weighted by Gasteiger charge is -2.31. The number of rotatable bonds is 6. The fourth-order valence-corrected chi connectivity index (χ4v) is 9.57. The van der Waals surface area contributed by atoms with Crippen LogP contribution < -0.4 is 4.90 Å². The van der Waals surface area contributed by atoms with Crippen molar-refractivity contribution in [3.05, 3.63) is 205 Å². The van der Waals surface area contributed by atoms with E-state index in [0.29, 0.717) is 11.5 Å². The number of aromatic nitrogens is 1. The molecule has 0 unspecified atom stereocenters. The van der Waals surface area contributed by atoms with Crippen molar-refractivity contribution in [1.82, 2.24) is 4.98 Å². The molecule has 9 aromatic carbocycles. The van der Waals surface area contributed by atoms with Gasteiger partial charge in [0.25, 0.3) is 0 Å². The average molecular weight is 771 g/mol. The Kier molecular flexibility index (Phi) is 7.54. The third-order valence-corrected chi connectivity index (χ3v) is 12.5. The number of oxazole rings is 1. The second-order valence-electron chi connectivity index (χ2n) is 16.3. The molecule has 0 aliphatic heterocycles. The zero-order valence-corrected chi connectivity index (χ0v) is 33.2. The van der Waals surface area contributed by atoms with E-state index >= 15 is 0 Å². The van der Waals surface area contributed by atoms with E-state index in [9.17, 15) is 0 Å². The summed E-state index contributed by atoms with van der Waals surface area (Å²) in [6, 6.07) is 69.4. The SMILES string of the molecule is CC1(C)c2ccccc2-c2c(N(c3ccc(-c4ccc5oc6cc7oc(-c8ccccc8)nc7cc6c5c4)cc3)c3ccccc3-c3cccc4ccccc34)cccc21. The number of hydrogen-bond acceptors (Lipinski definition) is 4. The Morgan fingerprint density at radius 2 is 1.10 bits per heavy atom. The molecule has 1 aliphatic carbocycles. The van der Waals surface area contributed by atoms with E-state index in [2.05, 4.69) is 176 Å². The van der Waals surface area contributed by atoms with Gasteiger partial charge in [-0.25, -0.2) is 4.98 Å². The predicted molar refractivity (Wildman–Crippen MR) is 247 cm³/mol. The number of anilines is 3. The maximum atomic E-state index is 6.37. The molecule has 4 heteroatoms. The normalized spacial score (nSPS) is 13.0. The van der Waals surface area contributed by atoms with Crippen LogP contribution in [-0.4, -0.2) is 4.98 Å². The van der Waals surface area contributed by atoms with Crippen molar-refractivity contribution in [2.75, 3.05) is 4.90 Å². The summed E-state index contributed by atoms with van der Waals surface area (Å²) in [5.74, 6) is 0.602. The highest BCUT2D eigenvalue weighted by molar-refractivity contribution is 6.10. The summed E-state index contributed by atoms with van der Waals surface area (Å²) in [7, 11) is 0. The zero-order valence-electron chi connectivity index (χ0n) is 33.2. The van der Waals surface area contributed by atoms with Gasteiger partial charge in [-0.05, 0) is 98.8 Å². The molecule has 0 fully saturated rings. The van der Waals surface area contributed by atoms with Crippen LogP contribution in [0.2, 0.25) is 0 Å². The van der Waals surface area contributed by atoms with Gasteiger partial charge >= 0.3 is 0 Å². The zero-order chi connectivity index (χ0) is 40.0.